The lowest BCUT2D eigenvalue weighted by Crippen LogP contribution is -2.27. The molecular weight excluding hydrogens is 659 g/mol. The van der Waals surface area contributed by atoms with Crippen molar-refractivity contribution in [1.82, 2.24) is 4.68 Å². The molecule has 7 aromatic rings. The van der Waals surface area contributed by atoms with Crippen LogP contribution in [0.15, 0.2) is 175 Å². The lowest BCUT2D eigenvalue weighted by Gasteiger charge is -2.07. The SMILES string of the molecule is C/C=C\CC1=c2\cc(-c3ccc4c(c3)c3c5ccccc5ccc3n4N)cc\c2=C/C=C\C=N\1.C=CC.CC.CN.c1ccc(Nc2ccccc2)cc1. The highest BCUT2D eigenvalue weighted by Gasteiger charge is 2.13. The number of anilines is 2. The van der Waals surface area contributed by atoms with E-state index < -0.39 is 0 Å². The van der Waals surface area contributed by atoms with Crippen molar-refractivity contribution in [1.29, 1.82) is 0 Å². The molecule has 6 aromatic carbocycles. The smallest absolute Gasteiger partial charge is 0.0710 e. The fourth-order valence-electron chi connectivity index (χ4n) is 6.14. The Labute approximate surface area is 320 Å². The second-order valence-corrected chi connectivity index (χ2v) is 11.9. The summed E-state index contributed by atoms with van der Waals surface area (Å²) in [4.78, 5) is 4.74. The Kier molecular flexibility index (Phi) is 15.8. The quantitative estimate of drug-likeness (QED) is 0.123. The number of benzene rings is 6. The third-order valence-electron chi connectivity index (χ3n) is 8.48. The topological polar surface area (TPSA) is 81.4 Å². The van der Waals surface area contributed by atoms with Crippen LogP contribution in [-0.4, -0.2) is 17.9 Å². The molecule has 274 valence electrons. The number of para-hydroxylation sites is 2. The molecule has 0 spiro atoms. The minimum atomic E-state index is 0.802. The van der Waals surface area contributed by atoms with Crippen molar-refractivity contribution in [3.05, 3.63) is 181 Å². The van der Waals surface area contributed by atoms with Crippen LogP contribution in [0.4, 0.5) is 11.4 Å². The van der Waals surface area contributed by atoms with Crippen LogP contribution in [0.3, 0.4) is 0 Å². The molecule has 5 N–H and O–H groups in total. The monoisotopic (exact) mass is 711 g/mol. The first-order valence-electron chi connectivity index (χ1n) is 18.5. The predicted octanol–water partition coefficient (Wildman–Crippen LogP) is 11.0. The van der Waals surface area contributed by atoms with Crippen molar-refractivity contribution >= 4 is 61.9 Å². The highest BCUT2D eigenvalue weighted by Crippen LogP contribution is 2.35. The molecule has 1 aliphatic heterocycles. The summed E-state index contributed by atoms with van der Waals surface area (Å²) < 4.78 is 1.81. The maximum Gasteiger partial charge on any atom is 0.0710 e. The third kappa shape index (κ3) is 9.91. The first-order chi connectivity index (χ1) is 26.6. The Bertz CT molecular complexity index is 2430. The lowest BCUT2D eigenvalue weighted by atomic mass is 9.98. The minimum absolute atomic E-state index is 0.802. The Morgan fingerprint density at radius 2 is 1.28 bits per heavy atom. The molecule has 0 saturated heterocycles. The number of nitrogen functional groups attached to an aromatic ring is 1. The van der Waals surface area contributed by atoms with Crippen LogP contribution < -0.4 is 27.3 Å². The van der Waals surface area contributed by atoms with E-state index in [9.17, 15) is 0 Å². The van der Waals surface area contributed by atoms with Crippen LogP contribution in [0.2, 0.25) is 0 Å². The number of rotatable bonds is 5. The standard InChI is InChI=1S/C31H25N3.C12H11N.C3H6.C2H6.CH5N/c1-2-3-11-28-26-19-23(13-12-22(26)9-6-7-18-33-28)24-15-16-29-27(20-24)31-25-10-5-4-8-21(25)14-17-30(31)34(29)32;1-3-7-11(8-4-1)13-12-9-5-2-6-10-12;1-3-2;2*1-2/h2-10,12-20H,11,32H2,1H3;1-10,13H;3H,1H2,2H3;1-2H3;2H2,1H3/b3-2-,7-6-,9-6?,18-7?,22-9+,28-26-,33-18+,33-28?;;;;. The van der Waals surface area contributed by atoms with Gasteiger partial charge in [0, 0.05) is 40.0 Å². The number of hydrogen-bond acceptors (Lipinski definition) is 4. The van der Waals surface area contributed by atoms with Gasteiger partial charge in [0.2, 0.25) is 0 Å². The van der Waals surface area contributed by atoms with Crippen molar-refractivity contribution in [3.63, 3.8) is 0 Å². The van der Waals surface area contributed by atoms with Gasteiger partial charge >= 0.3 is 0 Å². The van der Waals surface area contributed by atoms with Crippen molar-refractivity contribution in [3.8, 4) is 11.1 Å². The summed E-state index contributed by atoms with van der Waals surface area (Å²) in [6, 6.07) is 46.3. The van der Waals surface area contributed by atoms with Gasteiger partial charge in [-0.1, -0.05) is 129 Å². The van der Waals surface area contributed by atoms with Gasteiger partial charge in [-0.25, -0.2) is 0 Å². The zero-order chi connectivity index (χ0) is 38.7. The molecule has 1 aromatic heterocycles. The molecule has 0 saturated carbocycles. The summed E-state index contributed by atoms with van der Waals surface area (Å²) in [5, 5.41) is 10.5. The molecular formula is C49H53N5. The van der Waals surface area contributed by atoms with E-state index in [0.717, 1.165) is 34.5 Å². The largest absolute Gasteiger partial charge is 0.356 e. The number of nitrogens with two attached hydrogens (primary N) is 2. The summed E-state index contributed by atoms with van der Waals surface area (Å²) in [6.07, 6.45) is 14.8. The number of aliphatic imine (C=N–C) groups is 1. The van der Waals surface area contributed by atoms with Crippen LogP contribution in [0.5, 0.6) is 0 Å². The van der Waals surface area contributed by atoms with Crippen molar-refractivity contribution in [2.45, 2.75) is 34.1 Å². The Hall–Kier alpha value is -6.43. The lowest BCUT2D eigenvalue weighted by molar-refractivity contribution is 1.12. The van der Waals surface area contributed by atoms with Gasteiger partial charge in [0.05, 0.1) is 16.7 Å². The zero-order valence-corrected chi connectivity index (χ0v) is 32.2. The molecule has 8 rings (SSSR count). The molecule has 5 nitrogen and oxygen atoms in total. The Morgan fingerprint density at radius 3 is 1.94 bits per heavy atom. The van der Waals surface area contributed by atoms with Crippen LogP contribution >= 0.6 is 0 Å². The first kappa shape index (κ1) is 40.3. The number of hydrogen-bond donors (Lipinski definition) is 3. The van der Waals surface area contributed by atoms with Gasteiger partial charge in [-0.2, -0.15) is 0 Å². The first-order valence-corrected chi connectivity index (χ1v) is 18.5. The van der Waals surface area contributed by atoms with E-state index in [1.54, 1.807) is 10.8 Å². The van der Waals surface area contributed by atoms with E-state index in [0.29, 0.717) is 0 Å². The van der Waals surface area contributed by atoms with Gasteiger partial charge in [0.1, 0.15) is 0 Å². The second-order valence-electron chi connectivity index (χ2n) is 11.9. The maximum atomic E-state index is 6.52. The molecule has 54 heavy (non-hydrogen) atoms. The normalized spacial score (nSPS) is 14.1. The Morgan fingerprint density at radius 1 is 0.685 bits per heavy atom. The maximum absolute atomic E-state index is 6.52. The number of aromatic nitrogens is 1. The number of nitrogens with one attached hydrogen (secondary N) is 1. The molecule has 0 aliphatic carbocycles. The van der Waals surface area contributed by atoms with Crippen molar-refractivity contribution in [2.24, 2.45) is 10.7 Å². The third-order valence-corrected chi connectivity index (χ3v) is 8.48. The van der Waals surface area contributed by atoms with Crippen molar-refractivity contribution < 1.29 is 0 Å². The average Bonchev–Trinajstić information content (AvgIpc) is 3.52. The molecule has 0 radical (unpaired) electrons. The molecule has 1 aliphatic rings. The van der Waals surface area contributed by atoms with E-state index in [2.05, 4.69) is 109 Å². The summed E-state index contributed by atoms with van der Waals surface area (Å²) in [7, 11) is 1.50. The van der Waals surface area contributed by atoms with Gasteiger partial charge in [-0.05, 0) is 103 Å². The Balaban J connectivity index is 0.000000270. The highest BCUT2D eigenvalue weighted by molar-refractivity contribution is 6.21. The van der Waals surface area contributed by atoms with E-state index in [1.165, 1.54) is 50.2 Å². The molecule has 0 amide bonds. The van der Waals surface area contributed by atoms with Gasteiger partial charge in [0.25, 0.3) is 0 Å². The summed E-state index contributed by atoms with van der Waals surface area (Å²) in [6.45, 7) is 11.3. The molecule has 5 heteroatoms. The molecule has 0 fully saturated rings. The van der Waals surface area contributed by atoms with E-state index in [1.807, 2.05) is 107 Å². The molecule has 2 heterocycles. The van der Waals surface area contributed by atoms with Crippen LogP contribution in [0, 0.1) is 0 Å². The fraction of sp³-hybridized carbons (Fsp3) is 0.122. The predicted molar refractivity (Wildman–Crippen MR) is 240 cm³/mol. The van der Waals surface area contributed by atoms with E-state index >= 15 is 0 Å². The van der Waals surface area contributed by atoms with Gasteiger partial charge in [0.15, 0.2) is 0 Å². The number of nitrogens with zero attached hydrogens (tertiary/aromatic N) is 2. The van der Waals surface area contributed by atoms with Crippen LogP contribution in [0.1, 0.15) is 34.1 Å². The summed E-state index contributed by atoms with van der Waals surface area (Å²) in [5.74, 6) is 6.52. The van der Waals surface area contributed by atoms with Gasteiger partial charge in [-0.3, -0.25) is 9.67 Å². The van der Waals surface area contributed by atoms with Gasteiger partial charge in [-0.15, -0.1) is 6.58 Å². The van der Waals surface area contributed by atoms with Crippen LogP contribution in [-0.2, 0) is 0 Å². The molecule has 0 atom stereocenters. The van der Waals surface area contributed by atoms with Gasteiger partial charge < -0.3 is 16.9 Å². The van der Waals surface area contributed by atoms with E-state index in [4.69, 9.17) is 10.8 Å². The molecule has 0 bridgehead atoms. The van der Waals surface area contributed by atoms with Crippen LogP contribution in [0.25, 0.3) is 55.5 Å². The second kappa shape index (κ2) is 21.2. The number of fused-ring (bicyclic) bond motifs is 6. The fourth-order valence-corrected chi connectivity index (χ4v) is 6.14. The van der Waals surface area contributed by atoms with Crippen molar-refractivity contribution in [2.75, 3.05) is 18.2 Å². The number of allylic oxidation sites excluding steroid dienone is 4. The van der Waals surface area contributed by atoms with E-state index in [-0.39, 0.29) is 0 Å². The zero-order valence-electron chi connectivity index (χ0n) is 32.2. The minimum Gasteiger partial charge on any atom is -0.356 e. The summed E-state index contributed by atoms with van der Waals surface area (Å²) in [5.41, 5.74) is 12.2. The highest BCUT2D eigenvalue weighted by atomic mass is 15.3. The average molecular weight is 712 g/mol. The summed E-state index contributed by atoms with van der Waals surface area (Å²) >= 11 is 0. The molecule has 0 unspecified atom stereocenters.